The summed E-state index contributed by atoms with van der Waals surface area (Å²) in [5.74, 6) is 2.01. The molecule has 11 heteroatoms. The van der Waals surface area contributed by atoms with Crippen molar-refractivity contribution in [3.8, 4) is 22.9 Å². The fraction of sp³-hybridized carbons (Fsp3) is 0.208. The van der Waals surface area contributed by atoms with Crippen molar-refractivity contribution in [2.75, 3.05) is 20.8 Å². The molecule has 0 fully saturated rings. The summed E-state index contributed by atoms with van der Waals surface area (Å²) in [4.78, 5) is 29.7. The maximum atomic E-state index is 13.2. The van der Waals surface area contributed by atoms with Gasteiger partial charge in [-0.15, -0.1) is 0 Å². The molecule has 4 rings (SSSR count). The van der Waals surface area contributed by atoms with E-state index in [2.05, 4.69) is 10.1 Å². The number of hydrogen-bond acceptors (Lipinski definition) is 9. The predicted octanol–water partition coefficient (Wildman–Crippen LogP) is 4.14. The summed E-state index contributed by atoms with van der Waals surface area (Å²) in [5.41, 5.74) is 0.681. The van der Waals surface area contributed by atoms with Gasteiger partial charge in [0.1, 0.15) is 17.3 Å². The predicted molar refractivity (Wildman–Crippen MR) is 123 cm³/mol. The van der Waals surface area contributed by atoms with Gasteiger partial charge in [-0.1, -0.05) is 11.2 Å². The monoisotopic (exact) mass is 478 g/mol. The Morgan fingerprint density at radius 2 is 1.86 bits per heavy atom. The molecule has 0 saturated carbocycles. The Hall–Kier alpha value is -4.67. The van der Waals surface area contributed by atoms with E-state index in [1.165, 1.54) is 35.4 Å². The fourth-order valence-corrected chi connectivity index (χ4v) is 3.42. The average molecular weight is 478 g/mol. The van der Waals surface area contributed by atoms with Crippen molar-refractivity contribution in [1.29, 1.82) is 0 Å². The lowest BCUT2D eigenvalue weighted by atomic mass is 10.1. The normalized spacial score (nSPS) is 10.7. The van der Waals surface area contributed by atoms with Crippen LogP contribution in [0.25, 0.3) is 11.4 Å². The zero-order valence-corrected chi connectivity index (χ0v) is 19.0. The Bertz CT molecular complexity index is 1290. The van der Waals surface area contributed by atoms with E-state index in [9.17, 15) is 14.9 Å². The van der Waals surface area contributed by atoms with Crippen molar-refractivity contribution in [1.82, 2.24) is 15.0 Å². The highest BCUT2D eigenvalue weighted by molar-refractivity contribution is 5.94. The molecule has 0 bridgehead atoms. The average Bonchev–Trinajstić information content (AvgIpc) is 3.58. The van der Waals surface area contributed by atoms with E-state index in [-0.39, 0.29) is 36.7 Å². The molecule has 4 aromatic rings. The van der Waals surface area contributed by atoms with Crippen LogP contribution in [0.1, 0.15) is 22.0 Å². The quantitative estimate of drug-likeness (QED) is 0.243. The van der Waals surface area contributed by atoms with Gasteiger partial charge in [-0.05, 0) is 30.3 Å². The van der Waals surface area contributed by atoms with E-state index >= 15 is 0 Å². The van der Waals surface area contributed by atoms with Crippen LogP contribution in [0.3, 0.4) is 0 Å². The summed E-state index contributed by atoms with van der Waals surface area (Å²) in [6.07, 6.45) is 1.77. The first-order valence-electron chi connectivity index (χ1n) is 10.6. The number of benzene rings is 2. The largest absolute Gasteiger partial charge is 0.497 e. The molecule has 2 heterocycles. The smallest absolute Gasteiger partial charge is 0.270 e. The summed E-state index contributed by atoms with van der Waals surface area (Å²) >= 11 is 0. The van der Waals surface area contributed by atoms with Gasteiger partial charge in [-0.3, -0.25) is 14.9 Å². The molecule has 0 atom stereocenters. The molecule has 0 unspecified atom stereocenters. The summed E-state index contributed by atoms with van der Waals surface area (Å²) in [5, 5.41) is 15.2. The summed E-state index contributed by atoms with van der Waals surface area (Å²) in [6, 6.07) is 14.3. The van der Waals surface area contributed by atoms with Crippen LogP contribution in [0.5, 0.6) is 11.5 Å². The Morgan fingerprint density at radius 3 is 2.51 bits per heavy atom. The molecule has 0 aliphatic rings. The molecule has 1 amide bonds. The highest BCUT2D eigenvalue weighted by Crippen LogP contribution is 2.28. The molecule has 35 heavy (non-hydrogen) atoms. The van der Waals surface area contributed by atoms with E-state index in [1.807, 2.05) is 0 Å². The Kier molecular flexibility index (Phi) is 7.05. The third kappa shape index (κ3) is 5.64. The number of rotatable bonds is 10. The van der Waals surface area contributed by atoms with Crippen molar-refractivity contribution >= 4 is 11.6 Å². The first kappa shape index (κ1) is 23.5. The molecule has 0 aliphatic carbocycles. The van der Waals surface area contributed by atoms with Gasteiger partial charge in [0.05, 0.1) is 32.0 Å². The first-order valence-corrected chi connectivity index (χ1v) is 10.6. The number of hydrogen-bond donors (Lipinski definition) is 0. The maximum absolute atomic E-state index is 13.2. The van der Waals surface area contributed by atoms with Gasteiger partial charge in [0.15, 0.2) is 0 Å². The lowest BCUT2D eigenvalue weighted by Gasteiger charge is -2.21. The number of carbonyl (C=O) groups is 1. The molecule has 0 spiro atoms. The number of methoxy groups -OCH3 is 2. The Balaban J connectivity index is 1.53. The van der Waals surface area contributed by atoms with Crippen LogP contribution in [0.2, 0.25) is 0 Å². The number of nitro groups is 1. The number of amides is 1. The Morgan fingerprint density at radius 1 is 1.09 bits per heavy atom. The van der Waals surface area contributed by atoms with E-state index in [0.29, 0.717) is 34.5 Å². The minimum Gasteiger partial charge on any atom is -0.497 e. The second-order valence-corrected chi connectivity index (χ2v) is 7.48. The number of non-ortho nitro benzene ring substituents is 1. The highest BCUT2D eigenvalue weighted by atomic mass is 16.6. The second kappa shape index (κ2) is 10.5. The van der Waals surface area contributed by atoms with Crippen LogP contribution in [0, 0.1) is 10.1 Å². The molecule has 0 radical (unpaired) electrons. The third-order valence-electron chi connectivity index (χ3n) is 5.19. The number of nitro benzene ring substituents is 1. The molecule has 11 nitrogen and oxygen atoms in total. The number of ether oxygens (including phenoxy) is 2. The molecular weight excluding hydrogens is 456 g/mol. The van der Waals surface area contributed by atoms with Crippen LogP contribution in [0.4, 0.5) is 5.69 Å². The summed E-state index contributed by atoms with van der Waals surface area (Å²) in [7, 11) is 3.10. The first-order chi connectivity index (χ1) is 17.0. The maximum Gasteiger partial charge on any atom is 0.270 e. The zero-order valence-electron chi connectivity index (χ0n) is 19.0. The van der Waals surface area contributed by atoms with Gasteiger partial charge in [-0.2, -0.15) is 4.98 Å². The van der Waals surface area contributed by atoms with Crippen molar-refractivity contribution in [2.45, 2.75) is 13.0 Å². The van der Waals surface area contributed by atoms with Gasteiger partial charge in [-0.25, -0.2) is 0 Å². The SMILES string of the molecule is COc1cc(OC)cc(-c2noc(CCN(Cc3ccco3)C(=O)c3cccc([N+](=O)[O-])c3)n2)c1. The van der Waals surface area contributed by atoms with Crippen molar-refractivity contribution in [3.05, 3.63) is 88.2 Å². The molecule has 2 aromatic heterocycles. The lowest BCUT2D eigenvalue weighted by Crippen LogP contribution is -2.32. The highest BCUT2D eigenvalue weighted by Gasteiger charge is 2.21. The van der Waals surface area contributed by atoms with Crippen LogP contribution in [-0.2, 0) is 13.0 Å². The summed E-state index contributed by atoms with van der Waals surface area (Å²) < 4.78 is 21.4. The van der Waals surface area contributed by atoms with E-state index in [0.717, 1.165) is 0 Å². The molecule has 180 valence electrons. The lowest BCUT2D eigenvalue weighted by molar-refractivity contribution is -0.384. The molecule has 0 saturated heterocycles. The standard InChI is InChI=1S/C24H22N4O7/c1-32-20-12-17(13-21(14-20)33-2)23-25-22(35-26-23)8-9-27(15-19-7-4-10-34-19)24(29)16-5-3-6-18(11-16)28(30)31/h3-7,10-14H,8-9,15H2,1-2H3. The molecule has 2 aromatic carbocycles. The van der Waals surface area contributed by atoms with Gasteiger partial charge in [0, 0.05) is 42.3 Å². The van der Waals surface area contributed by atoms with Gasteiger partial charge >= 0.3 is 0 Å². The Labute approximate surface area is 200 Å². The fourth-order valence-electron chi connectivity index (χ4n) is 3.42. The van der Waals surface area contributed by atoms with Crippen molar-refractivity contribution in [3.63, 3.8) is 0 Å². The number of aromatic nitrogens is 2. The molecule has 0 aliphatic heterocycles. The second-order valence-electron chi connectivity index (χ2n) is 7.48. The van der Waals surface area contributed by atoms with E-state index < -0.39 is 4.92 Å². The van der Waals surface area contributed by atoms with Crippen LogP contribution >= 0.6 is 0 Å². The van der Waals surface area contributed by atoms with E-state index in [1.54, 1.807) is 44.6 Å². The third-order valence-corrected chi connectivity index (χ3v) is 5.19. The van der Waals surface area contributed by atoms with Crippen LogP contribution in [-0.4, -0.2) is 46.6 Å². The van der Waals surface area contributed by atoms with Crippen LogP contribution in [0.15, 0.2) is 69.8 Å². The minimum absolute atomic E-state index is 0.163. The van der Waals surface area contributed by atoms with Crippen molar-refractivity contribution < 1.29 is 28.1 Å². The molecular formula is C24H22N4O7. The summed E-state index contributed by atoms with van der Waals surface area (Å²) in [6.45, 7) is 0.383. The minimum atomic E-state index is -0.540. The van der Waals surface area contributed by atoms with E-state index in [4.69, 9.17) is 18.4 Å². The number of carbonyl (C=O) groups excluding carboxylic acids is 1. The van der Waals surface area contributed by atoms with Crippen molar-refractivity contribution in [2.24, 2.45) is 0 Å². The number of nitrogens with zero attached hydrogens (tertiary/aromatic N) is 4. The van der Waals surface area contributed by atoms with Gasteiger partial charge < -0.3 is 23.3 Å². The molecule has 0 N–H and O–H groups in total. The van der Waals surface area contributed by atoms with Crippen LogP contribution < -0.4 is 9.47 Å². The van der Waals surface area contributed by atoms with Gasteiger partial charge in [0.25, 0.3) is 11.6 Å². The topological polar surface area (TPSA) is 134 Å². The van der Waals surface area contributed by atoms with Gasteiger partial charge in [0.2, 0.25) is 11.7 Å². The zero-order chi connectivity index (χ0) is 24.8. The number of furan rings is 1.